The summed E-state index contributed by atoms with van der Waals surface area (Å²) in [6, 6.07) is 7.06. The highest BCUT2D eigenvalue weighted by atomic mass is 16.5. The van der Waals surface area contributed by atoms with Gasteiger partial charge < -0.3 is 14.5 Å². The maximum Gasteiger partial charge on any atom is 0.228 e. The van der Waals surface area contributed by atoms with Crippen molar-refractivity contribution < 1.29 is 14.3 Å². The van der Waals surface area contributed by atoms with Gasteiger partial charge in [-0.3, -0.25) is 9.59 Å². The van der Waals surface area contributed by atoms with Crippen LogP contribution in [-0.2, 0) is 19.7 Å². The largest absolute Gasteiger partial charge is 0.378 e. The maximum absolute atomic E-state index is 14.1. The smallest absolute Gasteiger partial charge is 0.228 e. The number of aryl methyl sites for hydroxylation is 2. The Balaban J connectivity index is 1.18. The van der Waals surface area contributed by atoms with E-state index in [9.17, 15) is 9.59 Å². The molecule has 0 spiro atoms. The SMILES string of the molecule is Cc1ccc(C23CC4CC(CC(C(=O)N5CCC(C(=O)N6CCOCC6)CC5)(C4)C2)C3)cc1C. The second kappa shape index (κ2) is 8.36. The molecule has 4 aliphatic carbocycles. The molecule has 1 aromatic carbocycles. The van der Waals surface area contributed by atoms with E-state index < -0.39 is 0 Å². The Morgan fingerprint density at radius 3 is 2.21 bits per heavy atom. The molecular formula is C29H40N2O3. The van der Waals surface area contributed by atoms with Gasteiger partial charge in [0.05, 0.1) is 18.6 Å². The molecule has 4 bridgehead atoms. The van der Waals surface area contributed by atoms with Gasteiger partial charge in [0, 0.05) is 32.1 Å². The van der Waals surface area contributed by atoms with E-state index in [0.29, 0.717) is 44.0 Å². The third-order valence-corrected chi connectivity index (χ3v) is 10.1. The van der Waals surface area contributed by atoms with Gasteiger partial charge in [0.25, 0.3) is 0 Å². The third-order valence-electron chi connectivity index (χ3n) is 10.1. The van der Waals surface area contributed by atoms with Gasteiger partial charge in [-0.15, -0.1) is 0 Å². The summed E-state index contributed by atoms with van der Waals surface area (Å²) in [7, 11) is 0. The number of hydrogen-bond acceptors (Lipinski definition) is 3. The summed E-state index contributed by atoms with van der Waals surface area (Å²) in [5.74, 6) is 2.13. The zero-order valence-corrected chi connectivity index (χ0v) is 21.0. The van der Waals surface area contributed by atoms with E-state index in [4.69, 9.17) is 4.74 Å². The topological polar surface area (TPSA) is 49.9 Å². The quantitative estimate of drug-likeness (QED) is 0.672. The van der Waals surface area contributed by atoms with Crippen molar-refractivity contribution in [1.29, 1.82) is 0 Å². The highest BCUT2D eigenvalue weighted by Crippen LogP contribution is 2.66. The lowest BCUT2D eigenvalue weighted by Gasteiger charge is -2.62. The second-order valence-electron chi connectivity index (χ2n) is 12.3. The molecule has 34 heavy (non-hydrogen) atoms. The summed E-state index contributed by atoms with van der Waals surface area (Å²) in [5, 5.41) is 0. The minimum atomic E-state index is -0.177. The Kier molecular flexibility index (Phi) is 5.55. The molecule has 2 amide bonds. The van der Waals surface area contributed by atoms with Crippen LogP contribution in [-0.4, -0.2) is 61.0 Å². The minimum Gasteiger partial charge on any atom is -0.378 e. The summed E-state index contributed by atoms with van der Waals surface area (Å²) in [6.45, 7) is 8.63. The number of carbonyl (C=O) groups is 2. The molecule has 1 aromatic rings. The van der Waals surface area contributed by atoms with Crippen LogP contribution in [0.3, 0.4) is 0 Å². The Labute approximate surface area is 204 Å². The maximum atomic E-state index is 14.1. The van der Waals surface area contributed by atoms with Crippen LogP contribution in [0.25, 0.3) is 0 Å². The number of amides is 2. The van der Waals surface area contributed by atoms with Gasteiger partial charge in [0.2, 0.25) is 11.8 Å². The van der Waals surface area contributed by atoms with Crippen molar-refractivity contribution in [2.24, 2.45) is 23.2 Å². The number of piperidine rings is 1. The summed E-state index contributed by atoms with van der Waals surface area (Å²) < 4.78 is 5.41. The lowest BCUT2D eigenvalue weighted by Crippen LogP contribution is -2.60. The number of ether oxygens (including phenoxy) is 1. The Morgan fingerprint density at radius 2 is 1.56 bits per heavy atom. The first-order valence-corrected chi connectivity index (χ1v) is 13.6. The van der Waals surface area contributed by atoms with E-state index in [2.05, 4.69) is 36.9 Å². The zero-order valence-electron chi connectivity index (χ0n) is 21.0. The first-order chi connectivity index (χ1) is 16.4. The fraction of sp³-hybridized carbons (Fsp3) is 0.724. The molecule has 5 nitrogen and oxygen atoms in total. The number of nitrogens with zero attached hydrogens (tertiary/aromatic N) is 2. The van der Waals surface area contributed by atoms with E-state index in [0.717, 1.165) is 45.2 Å². The van der Waals surface area contributed by atoms with Crippen molar-refractivity contribution in [1.82, 2.24) is 9.80 Å². The van der Waals surface area contributed by atoms with Crippen LogP contribution in [0.2, 0.25) is 0 Å². The van der Waals surface area contributed by atoms with Gasteiger partial charge in [-0.05, 0) is 99.2 Å². The van der Waals surface area contributed by atoms with E-state index >= 15 is 0 Å². The van der Waals surface area contributed by atoms with Gasteiger partial charge in [0.15, 0.2) is 0 Å². The number of benzene rings is 1. The zero-order chi connectivity index (χ0) is 23.5. The highest BCUT2D eigenvalue weighted by Gasteiger charge is 2.61. The number of likely N-dealkylation sites (tertiary alicyclic amines) is 1. The molecule has 2 heterocycles. The molecule has 184 valence electrons. The molecule has 5 heteroatoms. The van der Waals surface area contributed by atoms with Gasteiger partial charge in [-0.1, -0.05) is 18.2 Å². The molecule has 4 saturated carbocycles. The van der Waals surface area contributed by atoms with Crippen molar-refractivity contribution in [2.75, 3.05) is 39.4 Å². The fourth-order valence-corrected chi connectivity index (χ4v) is 8.63. The van der Waals surface area contributed by atoms with Crippen LogP contribution in [0, 0.1) is 37.0 Å². The molecule has 2 unspecified atom stereocenters. The lowest BCUT2D eigenvalue weighted by molar-refractivity contribution is -0.163. The van der Waals surface area contributed by atoms with Crippen LogP contribution < -0.4 is 0 Å². The minimum absolute atomic E-state index is 0.0698. The van der Waals surface area contributed by atoms with Gasteiger partial charge in [0.1, 0.15) is 0 Å². The molecule has 0 N–H and O–H groups in total. The van der Waals surface area contributed by atoms with Crippen molar-refractivity contribution in [3.63, 3.8) is 0 Å². The molecule has 2 aliphatic heterocycles. The average molecular weight is 465 g/mol. The molecule has 6 aliphatic rings. The monoisotopic (exact) mass is 464 g/mol. The molecule has 2 atom stereocenters. The van der Waals surface area contributed by atoms with Crippen LogP contribution >= 0.6 is 0 Å². The van der Waals surface area contributed by atoms with Crippen LogP contribution in [0.5, 0.6) is 0 Å². The predicted octanol–water partition coefficient (Wildman–Crippen LogP) is 4.24. The van der Waals surface area contributed by atoms with Gasteiger partial charge >= 0.3 is 0 Å². The Bertz CT molecular complexity index is 960. The first kappa shape index (κ1) is 22.6. The second-order valence-corrected chi connectivity index (χ2v) is 12.3. The van der Waals surface area contributed by atoms with Crippen molar-refractivity contribution in [2.45, 2.75) is 70.6 Å². The standard InChI is InChI=1S/C29H40N2O3/c1-20-3-4-25(13-21(20)2)28-15-22-14-23(16-28)18-29(17-22,19-28)27(33)31-7-5-24(6-8-31)26(32)30-9-11-34-12-10-30/h3-4,13,22-24H,5-12,14-19H2,1-2H3. The number of rotatable bonds is 3. The van der Waals surface area contributed by atoms with Crippen molar-refractivity contribution in [3.8, 4) is 0 Å². The number of morpholine rings is 1. The summed E-state index contributed by atoms with van der Waals surface area (Å²) in [6.07, 6.45) is 8.66. The van der Waals surface area contributed by atoms with E-state index in [1.165, 1.54) is 36.0 Å². The summed E-state index contributed by atoms with van der Waals surface area (Å²) in [5.41, 5.74) is 4.22. The normalized spacial score (nSPS) is 35.6. The molecule has 7 rings (SSSR count). The number of hydrogen-bond donors (Lipinski definition) is 0. The van der Waals surface area contributed by atoms with Crippen molar-refractivity contribution in [3.05, 3.63) is 34.9 Å². The van der Waals surface area contributed by atoms with Gasteiger partial charge in [-0.25, -0.2) is 0 Å². The van der Waals surface area contributed by atoms with Crippen LogP contribution in [0.1, 0.15) is 68.1 Å². The van der Waals surface area contributed by atoms with Crippen LogP contribution in [0.15, 0.2) is 18.2 Å². The van der Waals surface area contributed by atoms with Crippen LogP contribution in [0.4, 0.5) is 0 Å². The summed E-state index contributed by atoms with van der Waals surface area (Å²) >= 11 is 0. The Morgan fingerprint density at radius 1 is 0.882 bits per heavy atom. The molecule has 0 aromatic heterocycles. The van der Waals surface area contributed by atoms with E-state index in [1.807, 2.05) is 4.90 Å². The molecule has 6 fully saturated rings. The highest BCUT2D eigenvalue weighted by molar-refractivity contribution is 5.84. The predicted molar refractivity (Wildman–Crippen MR) is 131 cm³/mol. The fourth-order valence-electron chi connectivity index (χ4n) is 8.63. The molecule has 2 saturated heterocycles. The first-order valence-electron chi connectivity index (χ1n) is 13.6. The van der Waals surface area contributed by atoms with Crippen molar-refractivity contribution >= 4 is 11.8 Å². The average Bonchev–Trinajstić information content (AvgIpc) is 2.84. The van der Waals surface area contributed by atoms with E-state index in [1.54, 1.807) is 0 Å². The lowest BCUT2D eigenvalue weighted by atomic mass is 9.42. The van der Waals surface area contributed by atoms with Gasteiger partial charge in [-0.2, -0.15) is 0 Å². The Hall–Kier alpha value is -1.88. The molecular weight excluding hydrogens is 424 g/mol. The summed E-state index contributed by atoms with van der Waals surface area (Å²) in [4.78, 5) is 31.2. The number of carbonyl (C=O) groups excluding carboxylic acids is 2. The van der Waals surface area contributed by atoms with E-state index in [-0.39, 0.29) is 22.7 Å². The third kappa shape index (κ3) is 3.70. The molecule has 0 radical (unpaired) electrons.